The van der Waals surface area contributed by atoms with Crippen molar-refractivity contribution in [2.45, 2.75) is 0 Å². The number of carbonyl (C=O) groups excluding carboxylic acids is 1. The maximum atomic E-state index is 12.1. The summed E-state index contributed by atoms with van der Waals surface area (Å²) in [6.45, 7) is 0. The van der Waals surface area contributed by atoms with Gasteiger partial charge in [0, 0.05) is 17.2 Å². The van der Waals surface area contributed by atoms with Crippen molar-refractivity contribution in [3.8, 4) is 0 Å². The summed E-state index contributed by atoms with van der Waals surface area (Å²) < 4.78 is 3.00. The Morgan fingerprint density at radius 3 is 2.57 bits per heavy atom. The molecule has 0 atom stereocenters. The van der Waals surface area contributed by atoms with Crippen molar-refractivity contribution >= 4 is 90.0 Å². The van der Waals surface area contributed by atoms with Gasteiger partial charge in [-0.3, -0.25) is 10.1 Å². The minimum absolute atomic E-state index is 0.224. The molecule has 0 radical (unpaired) electrons. The van der Waals surface area contributed by atoms with E-state index >= 15 is 0 Å². The quantitative estimate of drug-likeness (QED) is 0.393. The van der Waals surface area contributed by atoms with E-state index in [1.165, 1.54) is 0 Å². The van der Waals surface area contributed by atoms with Gasteiger partial charge in [0.15, 0.2) is 5.11 Å². The number of hydrogen-bond donors (Lipinski definition) is 2. The minimum Gasteiger partial charge on any atom is -0.332 e. The van der Waals surface area contributed by atoms with Crippen LogP contribution in [0.4, 0.5) is 5.69 Å². The first kappa shape index (κ1) is 17.1. The Kier molecular flexibility index (Phi) is 6.38. The van der Waals surface area contributed by atoms with Crippen LogP contribution in [0.25, 0.3) is 0 Å². The smallest absolute Gasteiger partial charge is 0.257 e. The second-order valence-corrected chi connectivity index (χ2v) is 7.77. The molecule has 0 heterocycles. The standard InChI is InChI=1S/C14H9BrI2N2OS/c15-9-4-5-12(11(17)7-9)18-14(21)19-13(20)8-2-1-3-10(16)6-8/h1-7H,(H2,18,19,20,21). The second-order valence-electron chi connectivity index (χ2n) is 4.04. The van der Waals surface area contributed by atoms with Gasteiger partial charge in [0.25, 0.3) is 5.91 Å². The Hall–Kier alpha value is -0.260. The van der Waals surface area contributed by atoms with Gasteiger partial charge in [0.2, 0.25) is 0 Å². The summed E-state index contributed by atoms with van der Waals surface area (Å²) in [5.74, 6) is -0.224. The van der Waals surface area contributed by atoms with Crippen LogP contribution in [0.5, 0.6) is 0 Å². The normalized spacial score (nSPS) is 10.0. The first-order chi connectivity index (χ1) is 9.95. The summed E-state index contributed by atoms with van der Waals surface area (Å²) in [7, 11) is 0. The maximum Gasteiger partial charge on any atom is 0.257 e. The van der Waals surface area contributed by atoms with Crippen LogP contribution in [-0.2, 0) is 0 Å². The van der Waals surface area contributed by atoms with E-state index in [1.54, 1.807) is 6.07 Å². The van der Waals surface area contributed by atoms with Gasteiger partial charge in [-0.2, -0.15) is 0 Å². The Balaban J connectivity index is 2.03. The minimum atomic E-state index is -0.224. The monoisotopic (exact) mass is 586 g/mol. The molecule has 2 aromatic carbocycles. The lowest BCUT2D eigenvalue weighted by Crippen LogP contribution is -2.34. The third kappa shape index (κ3) is 5.15. The van der Waals surface area contributed by atoms with Crippen molar-refractivity contribution in [1.29, 1.82) is 0 Å². The molecular weight excluding hydrogens is 578 g/mol. The van der Waals surface area contributed by atoms with Crippen LogP contribution >= 0.6 is 73.3 Å². The summed E-state index contributed by atoms with van der Waals surface area (Å²) in [6, 6.07) is 13.1. The van der Waals surface area contributed by atoms with E-state index in [0.717, 1.165) is 17.3 Å². The fourth-order valence-electron chi connectivity index (χ4n) is 1.55. The van der Waals surface area contributed by atoms with Crippen molar-refractivity contribution < 1.29 is 4.79 Å². The molecular formula is C14H9BrI2N2OS. The number of amides is 1. The molecule has 108 valence electrons. The lowest BCUT2D eigenvalue weighted by Gasteiger charge is -2.11. The van der Waals surface area contributed by atoms with Crippen LogP contribution in [0.2, 0.25) is 0 Å². The molecule has 0 spiro atoms. The third-order valence-corrected chi connectivity index (χ3v) is 4.75. The summed E-state index contributed by atoms with van der Waals surface area (Å²) in [5, 5.41) is 5.98. The van der Waals surface area contributed by atoms with Gasteiger partial charge in [-0.1, -0.05) is 22.0 Å². The van der Waals surface area contributed by atoms with Crippen molar-refractivity contribution in [3.05, 3.63) is 59.6 Å². The van der Waals surface area contributed by atoms with Gasteiger partial charge < -0.3 is 5.32 Å². The van der Waals surface area contributed by atoms with Gasteiger partial charge in [0.1, 0.15) is 0 Å². The maximum absolute atomic E-state index is 12.1. The van der Waals surface area contributed by atoms with Crippen LogP contribution in [0.3, 0.4) is 0 Å². The average Bonchev–Trinajstić information content (AvgIpc) is 2.42. The Bertz CT molecular complexity index is 709. The summed E-state index contributed by atoms with van der Waals surface area (Å²) in [6.07, 6.45) is 0. The predicted molar refractivity (Wildman–Crippen MR) is 110 cm³/mol. The van der Waals surface area contributed by atoms with Gasteiger partial charge in [-0.15, -0.1) is 0 Å². The largest absolute Gasteiger partial charge is 0.332 e. The molecule has 0 saturated carbocycles. The molecule has 1 amide bonds. The molecule has 2 aromatic rings. The van der Waals surface area contributed by atoms with E-state index in [9.17, 15) is 4.79 Å². The Labute approximate surface area is 163 Å². The Morgan fingerprint density at radius 2 is 1.90 bits per heavy atom. The second kappa shape index (κ2) is 7.84. The van der Waals surface area contributed by atoms with Crippen LogP contribution in [0.1, 0.15) is 10.4 Å². The highest BCUT2D eigenvalue weighted by molar-refractivity contribution is 14.1. The zero-order valence-electron chi connectivity index (χ0n) is 10.5. The van der Waals surface area contributed by atoms with Crippen LogP contribution in [0.15, 0.2) is 46.9 Å². The molecule has 7 heteroatoms. The van der Waals surface area contributed by atoms with Crippen LogP contribution in [0, 0.1) is 7.14 Å². The molecule has 0 aliphatic rings. The van der Waals surface area contributed by atoms with Gasteiger partial charge in [-0.25, -0.2) is 0 Å². The molecule has 0 saturated heterocycles. The number of rotatable bonds is 2. The van der Waals surface area contributed by atoms with E-state index in [-0.39, 0.29) is 11.0 Å². The van der Waals surface area contributed by atoms with Gasteiger partial charge in [0.05, 0.1) is 5.69 Å². The SMILES string of the molecule is O=C(NC(=S)Nc1ccc(Br)cc1I)c1cccc(I)c1. The van der Waals surface area contributed by atoms with Crippen molar-refractivity contribution in [1.82, 2.24) is 5.32 Å². The zero-order valence-corrected chi connectivity index (χ0v) is 17.2. The van der Waals surface area contributed by atoms with Crippen molar-refractivity contribution in [3.63, 3.8) is 0 Å². The molecule has 0 bridgehead atoms. The molecule has 0 fully saturated rings. The molecule has 2 N–H and O–H groups in total. The fraction of sp³-hybridized carbons (Fsp3) is 0. The van der Waals surface area contributed by atoms with Gasteiger partial charge >= 0.3 is 0 Å². The molecule has 3 nitrogen and oxygen atoms in total. The number of thiocarbonyl (C=S) groups is 1. The lowest BCUT2D eigenvalue weighted by atomic mass is 10.2. The average molecular weight is 587 g/mol. The number of nitrogens with one attached hydrogen (secondary N) is 2. The fourth-order valence-corrected chi connectivity index (χ4v) is 3.73. The molecule has 0 aliphatic heterocycles. The first-order valence-electron chi connectivity index (χ1n) is 5.78. The summed E-state index contributed by atoms with van der Waals surface area (Å²) in [4.78, 5) is 12.1. The number of anilines is 1. The van der Waals surface area contributed by atoms with E-state index < -0.39 is 0 Å². The van der Waals surface area contributed by atoms with Gasteiger partial charge in [-0.05, 0) is 93.8 Å². The van der Waals surface area contributed by atoms with Crippen molar-refractivity contribution in [2.75, 3.05) is 5.32 Å². The predicted octanol–water partition coefficient (Wildman–Crippen LogP) is 4.79. The Morgan fingerprint density at radius 1 is 1.14 bits per heavy atom. The van der Waals surface area contributed by atoms with E-state index in [2.05, 4.69) is 71.7 Å². The molecule has 2 rings (SSSR count). The van der Waals surface area contributed by atoms with E-state index in [1.807, 2.05) is 36.4 Å². The van der Waals surface area contributed by atoms with Crippen LogP contribution < -0.4 is 10.6 Å². The summed E-state index contributed by atoms with van der Waals surface area (Å²) in [5.41, 5.74) is 1.43. The molecule has 0 aromatic heterocycles. The van der Waals surface area contributed by atoms with E-state index in [4.69, 9.17) is 12.2 Å². The number of halogens is 3. The van der Waals surface area contributed by atoms with E-state index in [0.29, 0.717) is 5.56 Å². The molecule has 21 heavy (non-hydrogen) atoms. The topological polar surface area (TPSA) is 41.1 Å². The molecule has 0 aliphatic carbocycles. The number of benzene rings is 2. The first-order valence-corrected chi connectivity index (χ1v) is 9.14. The number of hydrogen-bond acceptors (Lipinski definition) is 2. The molecule has 0 unspecified atom stereocenters. The summed E-state index contributed by atoms with van der Waals surface area (Å²) >= 11 is 12.9. The number of carbonyl (C=O) groups is 1. The highest BCUT2D eigenvalue weighted by atomic mass is 127. The third-order valence-electron chi connectivity index (χ3n) is 2.49. The lowest BCUT2D eigenvalue weighted by molar-refractivity contribution is 0.0977. The van der Waals surface area contributed by atoms with Crippen LogP contribution in [-0.4, -0.2) is 11.0 Å². The van der Waals surface area contributed by atoms with Crippen molar-refractivity contribution in [2.24, 2.45) is 0 Å². The zero-order chi connectivity index (χ0) is 15.4. The highest BCUT2D eigenvalue weighted by Gasteiger charge is 2.09. The highest BCUT2D eigenvalue weighted by Crippen LogP contribution is 2.22.